The van der Waals surface area contributed by atoms with Gasteiger partial charge in [0.1, 0.15) is 0 Å². The van der Waals surface area contributed by atoms with Crippen molar-refractivity contribution in [1.82, 2.24) is 42.5 Å². The van der Waals surface area contributed by atoms with E-state index in [0.717, 1.165) is 156 Å². The summed E-state index contributed by atoms with van der Waals surface area (Å²) in [5.74, 6) is 10.6. The summed E-state index contributed by atoms with van der Waals surface area (Å²) in [6.45, 7) is 23.5. The van der Waals surface area contributed by atoms with E-state index in [1.165, 1.54) is 366 Å². The van der Waals surface area contributed by atoms with Crippen molar-refractivity contribution in [2.75, 3.05) is 56.4 Å². The standard InChI is InChI=1S/C14H27N.C14H26.C13H25N.3C12H23N.2C11H21N.C10H19N/c1-3-12-4-8-14(9-5-12)10-6-13(15-2)7-11-14;1-3-12-5-8-14(9-6-12)10-7-13(4-2)11-14;1-3-11-4-7-13(10-11)8-5-12(14-2)6-9-13;1-3-10-8-12(9-10)6-4-11(13-2)5-7-12;1-3-10-4-6-12(8-10)7-5-11(9-12)13-2;1-3-10-4-6-12(7-5-10)8-11(9-12)13-2;1-3-9-6-11(7-9)5-4-10(8-11)12-2;1-3-9-4-5-11(6-9)7-10(8-11)12-2;1-3-8-4-10(5-8)6-9(7-10)11-2/h12-13,15H,3-11H2,1-2H3;12-13H,3-11H2,1-2H3;11-12,14H,3-10H2,1-2H3;3*10-11,13H,3-9H2,1-2H3;2*9-10,12H,3-8H2,1-2H3;8-9,11H,3-7H2,1-2H3. The van der Waals surface area contributed by atoms with E-state index in [1.54, 1.807) is 44.9 Å². The van der Waals surface area contributed by atoms with Crippen molar-refractivity contribution in [3.63, 3.8) is 0 Å². The van der Waals surface area contributed by atoms with Crippen LogP contribution in [0.3, 0.4) is 0 Å². The molecule has 0 aromatic heterocycles. The molecule has 7 atom stereocenters. The van der Waals surface area contributed by atoms with Crippen molar-refractivity contribution in [2.45, 2.75) is 529 Å². The van der Waals surface area contributed by atoms with E-state index in [1.807, 2.05) is 0 Å². The molecule has 18 aliphatic carbocycles. The molecule has 7 unspecified atom stereocenters. The third-order valence-corrected chi connectivity index (χ3v) is 40.7. The molecule has 0 aromatic carbocycles. The van der Waals surface area contributed by atoms with E-state index in [0.29, 0.717) is 0 Å². The first-order valence-corrected chi connectivity index (χ1v) is 53.9. The maximum Gasteiger partial charge on any atom is 0.00746 e. The highest BCUT2D eigenvalue weighted by molar-refractivity contribution is 5.07. The van der Waals surface area contributed by atoms with Gasteiger partial charge in [0.25, 0.3) is 0 Å². The van der Waals surface area contributed by atoms with Crippen LogP contribution in [0, 0.1) is 108 Å². The van der Waals surface area contributed by atoms with Crippen LogP contribution in [0.25, 0.3) is 0 Å². The lowest BCUT2D eigenvalue weighted by Crippen LogP contribution is -2.54. The van der Waals surface area contributed by atoms with Crippen molar-refractivity contribution in [3.8, 4) is 0 Å². The second-order valence-electron chi connectivity index (χ2n) is 47.5. The van der Waals surface area contributed by atoms with Gasteiger partial charge >= 0.3 is 0 Å². The van der Waals surface area contributed by atoms with Gasteiger partial charge in [0.05, 0.1) is 0 Å². The summed E-state index contributed by atoms with van der Waals surface area (Å²) in [6, 6.07) is 6.68. The Hall–Kier alpha value is -0.320. The van der Waals surface area contributed by atoms with Crippen molar-refractivity contribution in [2.24, 2.45) is 108 Å². The monoisotopic (exact) mass is 1630 g/mol. The zero-order chi connectivity index (χ0) is 83.8. The summed E-state index contributed by atoms with van der Waals surface area (Å²) in [4.78, 5) is 0. The van der Waals surface area contributed by atoms with Crippen molar-refractivity contribution in [3.05, 3.63) is 0 Å². The van der Waals surface area contributed by atoms with Crippen LogP contribution in [0.2, 0.25) is 0 Å². The lowest BCUT2D eigenvalue weighted by molar-refractivity contribution is -0.0483. The molecular weight excluding hydrogens is 1420 g/mol. The van der Waals surface area contributed by atoms with Crippen LogP contribution in [-0.2, 0) is 0 Å². The molecule has 0 heterocycles. The van der Waals surface area contributed by atoms with Gasteiger partial charge in [0.15, 0.2) is 0 Å². The van der Waals surface area contributed by atoms with Crippen LogP contribution in [0.5, 0.6) is 0 Å². The van der Waals surface area contributed by atoms with Gasteiger partial charge in [0.2, 0.25) is 0 Å². The van der Waals surface area contributed by atoms with Gasteiger partial charge in [-0.05, 0) is 511 Å². The van der Waals surface area contributed by atoms with Crippen LogP contribution in [0.4, 0.5) is 0 Å². The Labute approximate surface area is 730 Å². The van der Waals surface area contributed by atoms with Crippen molar-refractivity contribution in [1.29, 1.82) is 0 Å². The molecule has 0 aliphatic heterocycles. The average molecular weight is 1630 g/mol. The molecule has 0 saturated heterocycles. The van der Waals surface area contributed by atoms with Crippen LogP contribution in [-0.4, -0.2) is 105 Å². The predicted octanol–water partition coefficient (Wildman–Crippen LogP) is 28.0. The first-order chi connectivity index (χ1) is 56.5. The van der Waals surface area contributed by atoms with Crippen molar-refractivity contribution >= 4 is 0 Å². The molecule has 0 radical (unpaired) electrons. The molecule has 0 bridgehead atoms. The van der Waals surface area contributed by atoms with Crippen LogP contribution < -0.4 is 42.5 Å². The quantitative estimate of drug-likeness (QED) is 0.0688. The Bertz CT molecular complexity index is 2450. The number of hydrogen-bond donors (Lipinski definition) is 8. The van der Waals surface area contributed by atoms with Gasteiger partial charge in [-0.15, -0.1) is 0 Å². The van der Waals surface area contributed by atoms with E-state index in [9.17, 15) is 0 Å². The molecule has 0 aromatic rings. The molecule has 18 rings (SSSR count). The zero-order valence-corrected chi connectivity index (χ0v) is 82.1. The molecule has 8 N–H and O–H groups in total. The van der Waals surface area contributed by atoms with Crippen LogP contribution in [0.1, 0.15) is 480 Å². The smallest absolute Gasteiger partial charge is 0.00746 e. The minimum Gasteiger partial charge on any atom is -0.317 e. The Kier molecular flexibility index (Phi) is 39.8. The van der Waals surface area contributed by atoms with E-state index >= 15 is 0 Å². The number of rotatable bonds is 18. The summed E-state index contributed by atoms with van der Waals surface area (Å²) >= 11 is 0. The van der Waals surface area contributed by atoms with Gasteiger partial charge < -0.3 is 42.5 Å². The van der Waals surface area contributed by atoms with Crippen LogP contribution in [0.15, 0.2) is 0 Å². The van der Waals surface area contributed by atoms with Gasteiger partial charge in [-0.1, -0.05) is 133 Å². The third kappa shape index (κ3) is 27.4. The summed E-state index contributed by atoms with van der Waals surface area (Å²) in [7, 11) is 16.9. The van der Waals surface area contributed by atoms with E-state index in [-0.39, 0.29) is 0 Å². The van der Waals surface area contributed by atoms with Gasteiger partial charge in [-0.3, -0.25) is 0 Å². The highest BCUT2D eigenvalue weighted by Crippen LogP contribution is 2.63. The minimum absolute atomic E-state index is 0.772. The molecule has 0 amide bonds. The molecule has 9 spiro atoms. The molecule has 18 aliphatic rings. The second kappa shape index (κ2) is 47.1. The normalized spacial score (nSPS) is 44.8. The first-order valence-electron chi connectivity index (χ1n) is 53.9. The number of nitrogens with one attached hydrogen (secondary N) is 8. The molecule has 8 nitrogen and oxygen atoms in total. The third-order valence-electron chi connectivity index (χ3n) is 40.7. The Balaban J connectivity index is 0.000000139. The van der Waals surface area contributed by atoms with E-state index in [2.05, 4.69) is 168 Å². The predicted molar refractivity (Wildman–Crippen MR) is 512 cm³/mol. The largest absolute Gasteiger partial charge is 0.317 e. The topological polar surface area (TPSA) is 96.2 Å². The Morgan fingerprint density at radius 1 is 0.137 bits per heavy atom. The fourth-order valence-corrected chi connectivity index (χ4v) is 30.9. The van der Waals surface area contributed by atoms with Gasteiger partial charge in [0, 0.05) is 48.3 Å². The summed E-state index contributed by atoms with van der Waals surface area (Å²) in [5.41, 5.74) is 7.19. The van der Waals surface area contributed by atoms with Gasteiger partial charge in [-0.2, -0.15) is 0 Å². The molecule has 117 heavy (non-hydrogen) atoms. The number of hydrogen-bond acceptors (Lipinski definition) is 8. The van der Waals surface area contributed by atoms with Crippen LogP contribution >= 0.6 is 0 Å². The minimum atomic E-state index is 0.772. The van der Waals surface area contributed by atoms with Crippen molar-refractivity contribution < 1.29 is 0 Å². The molecular formula is C109H208N8. The highest BCUT2D eigenvalue weighted by atomic mass is 14.9. The Morgan fingerprint density at radius 3 is 0.590 bits per heavy atom. The van der Waals surface area contributed by atoms with E-state index < -0.39 is 0 Å². The zero-order valence-electron chi connectivity index (χ0n) is 82.1. The summed E-state index contributed by atoms with van der Waals surface area (Å²) in [5, 5.41) is 27.3. The summed E-state index contributed by atoms with van der Waals surface area (Å²) < 4.78 is 0. The molecule has 18 saturated carbocycles. The highest BCUT2D eigenvalue weighted by Gasteiger charge is 2.54. The summed E-state index contributed by atoms with van der Waals surface area (Å²) in [6.07, 6.45) is 95.0. The fourth-order valence-electron chi connectivity index (χ4n) is 30.9. The lowest BCUT2D eigenvalue weighted by atomic mass is 9.49. The van der Waals surface area contributed by atoms with E-state index in [4.69, 9.17) is 0 Å². The fraction of sp³-hybridized carbons (Fsp3) is 1.00. The molecule has 684 valence electrons. The maximum absolute atomic E-state index is 3.45. The lowest BCUT2D eigenvalue weighted by Gasteiger charge is -2.58. The van der Waals surface area contributed by atoms with Gasteiger partial charge in [-0.25, -0.2) is 0 Å². The Morgan fingerprint density at radius 2 is 0.291 bits per heavy atom. The second-order valence-corrected chi connectivity index (χ2v) is 47.5. The first kappa shape index (κ1) is 98.9. The SMILES string of the molecule is CCC1CC2(C1)CC(NC)C2.CCC1CC2(CCC(NC)C2)C1.CCC1CC2(CCC(NC)CC2)C1.CCC1CCC2(C1)CC(NC)C2.CCC1CCC2(CC1)CC(NC)C2.CCC1CCC2(CC1)CCC(CC)C2.CCC1CCC2(CC1)CCC(NC)CC2.CCC1CCC2(CCC(NC)C2)C1.CCC1CCC2(CCC(NC)CC2)C1. The molecule has 8 heteroatoms. The maximum atomic E-state index is 3.45. The average Bonchev–Trinajstić information content (AvgIpc) is 1.52. The molecule has 18 fully saturated rings.